The van der Waals surface area contributed by atoms with Gasteiger partial charge in [0.15, 0.2) is 11.6 Å². The number of likely N-dealkylation sites (tertiary alicyclic amines) is 1. The number of aromatic nitrogens is 2. The van der Waals surface area contributed by atoms with Crippen LogP contribution in [0.5, 0.6) is 0 Å². The zero-order chi connectivity index (χ0) is 41.3. The Morgan fingerprint density at radius 3 is 2.18 bits per heavy atom. The van der Waals surface area contributed by atoms with E-state index in [1.54, 1.807) is 36.4 Å². The van der Waals surface area contributed by atoms with Crippen molar-refractivity contribution in [2.75, 3.05) is 25.0 Å². The number of aryl methyl sites for hydroxylation is 1. The van der Waals surface area contributed by atoms with Crippen LogP contribution in [-0.2, 0) is 30.5 Å². The van der Waals surface area contributed by atoms with E-state index in [0.29, 0.717) is 37.1 Å². The summed E-state index contributed by atoms with van der Waals surface area (Å²) in [6.07, 6.45) is 3.11. The number of imidazole rings is 1. The molecule has 0 saturated carbocycles. The maximum atomic E-state index is 14.3. The molecule has 14 heteroatoms. The number of rotatable bonds is 14. The average molecular weight is 783 g/mol. The molecule has 1 aromatic heterocycles. The summed E-state index contributed by atoms with van der Waals surface area (Å²) < 4.78 is 26.2. The number of nitrogens with one attached hydrogen (secondary N) is 3. The molecule has 2 heterocycles. The van der Waals surface area contributed by atoms with Crippen LogP contribution in [0.25, 0.3) is 0 Å². The molecule has 3 aromatic carbocycles. The van der Waals surface area contributed by atoms with Gasteiger partial charge in [0.05, 0.1) is 19.5 Å². The monoisotopic (exact) mass is 782 g/mol. The van der Waals surface area contributed by atoms with Gasteiger partial charge in [-0.1, -0.05) is 60.2 Å². The molecule has 0 spiro atoms. The lowest BCUT2D eigenvalue weighted by Gasteiger charge is -2.34. The van der Waals surface area contributed by atoms with Crippen molar-refractivity contribution in [1.29, 1.82) is 0 Å². The van der Waals surface area contributed by atoms with Crippen LogP contribution >= 0.6 is 0 Å². The fraction of sp³-hybridized carbons (Fsp3) is 0.395. The van der Waals surface area contributed by atoms with Crippen molar-refractivity contribution in [3.05, 3.63) is 119 Å². The molecule has 1 saturated heterocycles. The van der Waals surface area contributed by atoms with E-state index >= 15 is 0 Å². The van der Waals surface area contributed by atoms with Gasteiger partial charge < -0.3 is 34.9 Å². The fourth-order valence-electron chi connectivity index (χ4n) is 6.34. The number of alkyl carbamates (subject to hydrolysis) is 1. The standard InChI is InChI=1S/C43H51FN6O7/c1-28-12-14-30(15-13-28)36(39(53)49-22-20-32(21-23-49)37(51)31-16-18-33(44)19-17-31)50-24-35(45-27-50)47-38(52)34(26-56-25-29-10-8-7-9-11-29)46-40(54)43(5,6)48-41(55)57-42(2,3)4/h7-19,24,27,32,34,36H,20-23,25-26H2,1-6H3,(H,46,54)(H,47,52)(H,48,55). The lowest BCUT2D eigenvalue weighted by Crippen LogP contribution is -2.59. The highest BCUT2D eigenvalue weighted by Gasteiger charge is 2.36. The second-order valence-corrected chi connectivity index (χ2v) is 15.8. The van der Waals surface area contributed by atoms with E-state index in [1.165, 1.54) is 44.4 Å². The van der Waals surface area contributed by atoms with Crippen LogP contribution in [0.15, 0.2) is 91.4 Å². The van der Waals surface area contributed by atoms with Gasteiger partial charge in [-0.25, -0.2) is 14.2 Å². The molecule has 3 N–H and O–H groups in total. The van der Waals surface area contributed by atoms with E-state index in [-0.39, 0.29) is 36.6 Å². The molecule has 0 aliphatic carbocycles. The number of anilines is 1. The number of carbonyl (C=O) groups excluding carboxylic acids is 5. The summed E-state index contributed by atoms with van der Waals surface area (Å²) in [6.45, 7) is 10.7. The minimum atomic E-state index is -1.47. The number of nitrogens with zero attached hydrogens (tertiary/aromatic N) is 3. The third-order valence-electron chi connectivity index (χ3n) is 9.48. The van der Waals surface area contributed by atoms with Gasteiger partial charge in [-0.05, 0) is 89.8 Å². The molecule has 4 aromatic rings. The Morgan fingerprint density at radius 1 is 0.895 bits per heavy atom. The molecule has 5 rings (SSSR count). The third-order valence-corrected chi connectivity index (χ3v) is 9.48. The van der Waals surface area contributed by atoms with Crippen LogP contribution in [0.3, 0.4) is 0 Å². The van der Waals surface area contributed by atoms with Crippen LogP contribution < -0.4 is 16.0 Å². The second kappa shape index (κ2) is 18.4. The van der Waals surface area contributed by atoms with E-state index in [1.807, 2.05) is 61.5 Å². The molecule has 0 radical (unpaired) electrons. The molecule has 57 heavy (non-hydrogen) atoms. The first kappa shape index (κ1) is 42.3. The molecule has 1 aliphatic rings. The number of benzene rings is 3. The Labute approximate surface area is 332 Å². The van der Waals surface area contributed by atoms with Crippen molar-refractivity contribution >= 4 is 35.4 Å². The number of ketones is 1. The lowest BCUT2D eigenvalue weighted by molar-refractivity contribution is -0.134. The number of hydrogen-bond donors (Lipinski definition) is 3. The summed E-state index contributed by atoms with van der Waals surface area (Å²) in [5, 5.41) is 7.99. The molecular formula is C43H51FN6O7. The van der Waals surface area contributed by atoms with Crippen LogP contribution in [0.1, 0.15) is 80.6 Å². The smallest absolute Gasteiger partial charge is 0.408 e. The van der Waals surface area contributed by atoms with E-state index in [9.17, 15) is 28.4 Å². The summed E-state index contributed by atoms with van der Waals surface area (Å²) in [4.78, 5) is 73.3. The van der Waals surface area contributed by atoms with Crippen molar-refractivity contribution in [3.8, 4) is 0 Å². The molecule has 302 valence electrons. The van der Waals surface area contributed by atoms with E-state index in [0.717, 1.165) is 11.1 Å². The van der Waals surface area contributed by atoms with E-state index in [4.69, 9.17) is 9.47 Å². The highest BCUT2D eigenvalue weighted by atomic mass is 19.1. The summed E-state index contributed by atoms with van der Waals surface area (Å²) in [5.74, 6) is -2.16. The minimum absolute atomic E-state index is 0.0741. The fourth-order valence-corrected chi connectivity index (χ4v) is 6.34. The van der Waals surface area contributed by atoms with Crippen molar-refractivity contribution in [1.82, 2.24) is 25.1 Å². The summed E-state index contributed by atoms with van der Waals surface area (Å²) in [7, 11) is 0. The number of halogens is 1. The predicted octanol–water partition coefficient (Wildman–Crippen LogP) is 5.98. The molecule has 1 aliphatic heterocycles. The van der Waals surface area contributed by atoms with Crippen molar-refractivity contribution in [3.63, 3.8) is 0 Å². The average Bonchev–Trinajstić information content (AvgIpc) is 3.62. The molecule has 2 atom stereocenters. The van der Waals surface area contributed by atoms with Gasteiger partial charge in [0, 0.05) is 30.8 Å². The summed E-state index contributed by atoms with van der Waals surface area (Å²) in [6, 6.07) is 20.3. The topological polar surface area (TPSA) is 161 Å². The quantitative estimate of drug-likeness (QED) is 0.132. The van der Waals surface area contributed by atoms with E-state index < -0.39 is 46.9 Å². The largest absolute Gasteiger partial charge is 0.444 e. The van der Waals surface area contributed by atoms with Crippen molar-refractivity contribution in [2.45, 2.75) is 84.2 Å². The predicted molar refractivity (Wildman–Crippen MR) is 212 cm³/mol. The lowest BCUT2D eigenvalue weighted by atomic mass is 9.88. The Morgan fingerprint density at radius 2 is 1.54 bits per heavy atom. The molecule has 13 nitrogen and oxygen atoms in total. The molecule has 4 amide bonds. The number of amides is 4. The first-order chi connectivity index (χ1) is 27.0. The summed E-state index contributed by atoms with van der Waals surface area (Å²) >= 11 is 0. The molecular weight excluding hydrogens is 732 g/mol. The van der Waals surface area contributed by atoms with Gasteiger partial charge in [0.1, 0.15) is 29.0 Å². The SMILES string of the molecule is Cc1ccc(C(C(=O)N2CCC(C(=O)c3ccc(F)cc3)CC2)n2cnc(NC(=O)C(COCc3ccccc3)NC(=O)C(C)(C)NC(=O)OC(C)(C)C)c2)cc1. The molecule has 2 unspecified atom stereocenters. The maximum absolute atomic E-state index is 14.3. The van der Waals surface area contributed by atoms with Gasteiger partial charge in [-0.15, -0.1) is 0 Å². The number of carbonyl (C=O) groups is 5. The Balaban J connectivity index is 1.30. The van der Waals surface area contributed by atoms with Gasteiger partial charge in [-0.2, -0.15) is 0 Å². The Hall–Kier alpha value is -5.89. The van der Waals surface area contributed by atoms with Crippen LogP contribution in [0.2, 0.25) is 0 Å². The second-order valence-electron chi connectivity index (χ2n) is 15.8. The number of ether oxygens (including phenoxy) is 2. The maximum Gasteiger partial charge on any atom is 0.408 e. The van der Waals surface area contributed by atoms with Gasteiger partial charge >= 0.3 is 6.09 Å². The number of Topliss-reactive ketones (excluding diaryl/α,β-unsaturated/α-hetero) is 1. The number of piperidine rings is 1. The molecule has 1 fully saturated rings. The van der Waals surface area contributed by atoms with Crippen LogP contribution in [0.4, 0.5) is 15.0 Å². The highest BCUT2D eigenvalue weighted by molar-refractivity contribution is 5.99. The summed E-state index contributed by atoms with van der Waals surface area (Å²) in [5.41, 5.74) is 0.758. The van der Waals surface area contributed by atoms with Gasteiger partial charge in [-0.3, -0.25) is 19.2 Å². The Kier molecular flexibility index (Phi) is 13.6. The highest BCUT2D eigenvalue weighted by Crippen LogP contribution is 2.28. The Bertz CT molecular complexity index is 2020. The number of hydrogen-bond acceptors (Lipinski definition) is 8. The van der Waals surface area contributed by atoms with Crippen LogP contribution in [0, 0.1) is 18.7 Å². The van der Waals surface area contributed by atoms with Crippen LogP contribution in [-0.4, -0.2) is 80.9 Å². The minimum Gasteiger partial charge on any atom is -0.444 e. The zero-order valence-electron chi connectivity index (χ0n) is 33.2. The van der Waals surface area contributed by atoms with Gasteiger partial charge in [0.2, 0.25) is 11.8 Å². The van der Waals surface area contributed by atoms with Crippen molar-refractivity contribution in [2.24, 2.45) is 5.92 Å². The van der Waals surface area contributed by atoms with Gasteiger partial charge in [0.25, 0.3) is 5.91 Å². The van der Waals surface area contributed by atoms with E-state index in [2.05, 4.69) is 20.9 Å². The van der Waals surface area contributed by atoms with Crippen molar-refractivity contribution < 1.29 is 37.8 Å². The zero-order valence-corrected chi connectivity index (χ0v) is 33.2. The molecule has 0 bridgehead atoms. The first-order valence-corrected chi connectivity index (χ1v) is 18.9. The normalized spacial score (nSPS) is 14.6. The first-order valence-electron chi connectivity index (χ1n) is 18.9. The third kappa shape index (κ3) is 11.8.